The van der Waals surface area contributed by atoms with Crippen LogP contribution < -0.4 is 4.74 Å². The van der Waals surface area contributed by atoms with Crippen LogP contribution in [0.5, 0.6) is 5.75 Å². The molecule has 3 rings (SSSR count). The van der Waals surface area contributed by atoms with Crippen LogP contribution >= 0.6 is 0 Å². The molecule has 126 valence electrons. The zero-order valence-corrected chi connectivity index (χ0v) is 14.8. The van der Waals surface area contributed by atoms with Crippen LogP contribution in [0.1, 0.15) is 57.8 Å². The highest BCUT2D eigenvalue weighted by molar-refractivity contribution is 5.98. The summed E-state index contributed by atoms with van der Waals surface area (Å²) in [6.45, 7) is 8.09. The van der Waals surface area contributed by atoms with Gasteiger partial charge in [0.05, 0.1) is 0 Å². The van der Waals surface area contributed by atoms with E-state index in [1.165, 1.54) is 0 Å². The number of carbonyl (C=O) groups excluding carboxylic acids is 1. The Labute approximate surface area is 143 Å². The molecule has 3 nitrogen and oxygen atoms in total. The summed E-state index contributed by atoms with van der Waals surface area (Å²) in [5.41, 5.74) is 1.81. The molecule has 0 heterocycles. The van der Waals surface area contributed by atoms with E-state index in [4.69, 9.17) is 9.47 Å². The third kappa shape index (κ3) is 3.30. The second-order valence-electron chi connectivity index (χ2n) is 7.16. The van der Waals surface area contributed by atoms with E-state index in [0.717, 1.165) is 34.1 Å². The quantitative estimate of drug-likeness (QED) is 0.704. The lowest BCUT2D eigenvalue weighted by molar-refractivity contribution is -0.147. The summed E-state index contributed by atoms with van der Waals surface area (Å²) in [6.07, 6.45) is 4.87. The Morgan fingerprint density at radius 3 is 2.67 bits per heavy atom. The Kier molecular flexibility index (Phi) is 4.35. The fourth-order valence-corrected chi connectivity index (χ4v) is 3.03. The Morgan fingerprint density at radius 1 is 1.17 bits per heavy atom. The van der Waals surface area contributed by atoms with Gasteiger partial charge in [0, 0.05) is 17.5 Å². The number of rotatable bonds is 4. The van der Waals surface area contributed by atoms with Gasteiger partial charge in [-0.3, -0.25) is 4.79 Å². The number of ether oxygens (including phenoxy) is 2. The van der Waals surface area contributed by atoms with Gasteiger partial charge in [-0.05, 0) is 50.1 Å². The highest BCUT2D eigenvalue weighted by atomic mass is 16.5. The van der Waals surface area contributed by atoms with Crippen molar-refractivity contribution in [2.45, 2.75) is 52.2 Å². The second-order valence-corrected chi connectivity index (χ2v) is 7.16. The molecule has 24 heavy (non-hydrogen) atoms. The van der Waals surface area contributed by atoms with Crippen molar-refractivity contribution in [3.05, 3.63) is 47.5 Å². The molecule has 0 aromatic heterocycles. The molecule has 0 saturated heterocycles. The van der Waals surface area contributed by atoms with Crippen molar-refractivity contribution in [2.75, 3.05) is 0 Å². The molecule has 1 aliphatic rings. The molecular weight excluding hydrogens is 300 g/mol. The van der Waals surface area contributed by atoms with Crippen molar-refractivity contribution in [3.8, 4) is 5.75 Å². The normalized spacial score (nSPS) is 16.2. The fraction of sp³-hybridized carbons (Fsp3) is 0.381. The zero-order valence-electron chi connectivity index (χ0n) is 14.8. The third-order valence-corrected chi connectivity index (χ3v) is 3.95. The molecule has 1 aliphatic carbocycles. The summed E-state index contributed by atoms with van der Waals surface area (Å²) < 4.78 is 11.8. The van der Waals surface area contributed by atoms with E-state index < -0.39 is 0 Å². The molecular formula is C21H24O3. The van der Waals surface area contributed by atoms with E-state index in [1.54, 1.807) is 0 Å². The minimum Gasteiger partial charge on any atom is -0.488 e. The van der Waals surface area contributed by atoms with E-state index in [2.05, 4.69) is 12.1 Å². The molecule has 2 aromatic rings. The van der Waals surface area contributed by atoms with Crippen LogP contribution in [0.15, 0.2) is 36.4 Å². The maximum Gasteiger partial charge on any atom is 0.306 e. The van der Waals surface area contributed by atoms with Crippen LogP contribution in [0.3, 0.4) is 0 Å². The minimum atomic E-state index is -0.329. The van der Waals surface area contributed by atoms with E-state index in [0.29, 0.717) is 6.42 Å². The average molecular weight is 324 g/mol. The Morgan fingerprint density at radius 2 is 1.96 bits per heavy atom. The van der Waals surface area contributed by atoms with Crippen LogP contribution in [0.4, 0.5) is 0 Å². The molecule has 0 bridgehead atoms. The van der Waals surface area contributed by atoms with Gasteiger partial charge in [-0.15, -0.1) is 0 Å². The highest BCUT2D eigenvalue weighted by Gasteiger charge is 2.24. The van der Waals surface area contributed by atoms with Crippen LogP contribution in [0.25, 0.3) is 16.8 Å². The predicted octanol–water partition coefficient (Wildman–Crippen LogP) is 5.43. The molecule has 3 heteroatoms. The molecule has 0 aliphatic heterocycles. The first kappa shape index (κ1) is 16.6. The number of esters is 1. The van der Waals surface area contributed by atoms with E-state index in [-0.39, 0.29) is 17.7 Å². The van der Waals surface area contributed by atoms with E-state index in [9.17, 15) is 4.79 Å². The smallest absolute Gasteiger partial charge is 0.306 e. The van der Waals surface area contributed by atoms with Crippen LogP contribution in [0, 0.1) is 0 Å². The summed E-state index contributed by atoms with van der Waals surface area (Å²) in [7, 11) is 0. The summed E-state index contributed by atoms with van der Waals surface area (Å²) in [5, 5.41) is 2.24. The van der Waals surface area contributed by atoms with Crippen molar-refractivity contribution in [3.63, 3.8) is 0 Å². The summed E-state index contributed by atoms with van der Waals surface area (Å²) in [6, 6.07) is 10.2. The maximum absolute atomic E-state index is 11.9. The lowest BCUT2D eigenvalue weighted by Crippen LogP contribution is -2.23. The van der Waals surface area contributed by atoms with Gasteiger partial charge < -0.3 is 9.47 Å². The summed E-state index contributed by atoms with van der Waals surface area (Å²) in [5.74, 6) is 0.701. The van der Waals surface area contributed by atoms with Gasteiger partial charge in [-0.2, -0.15) is 0 Å². The average Bonchev–Trinajstić information content (AvgIpc) is 2.51. The topological polar surface area (TPSA) is 35.5 Å². The van der Waals surface area contributed by atoms with Crippen molar-refractivity contribution >= 4 is 22.8 Å². The van der Waals surface area contributed by atoms with Gasteiger partial charge in [0.25, 0.3) is 0 Å². The molecule has 0 N–H and O–H groups in total. The number of benzene rings is 2. The largest absolute Gasteiger partial charge is 0.488 e. The highest BCUT2D eigenvalue weighted by Crippen LogP contribution is 2.40. The SMILES string of the molecule is CCCC(=O)OC1C=Cc2c(OC(C)(C)C)ccc3cccc1c23. The monoisotopic (exact) mass is 324 g/mol. The van der Waals surface area contributed by atoms with Gasteiger partial charge in [-0.25, -0.2) is 0 Å². The van der Waals surface area contributed by atoms with Gasteiger partial charge in [-0.1, -0.05) is 37.3 Å². The molecule has 2 aromatic carbocycles. The van der Waals surface area contributed by atoms with Gasteiger partial charge in [0.2, 0.25) is 0 Å². The first-order valence-corrected chi connectivity index (χ1v) is 8.51. The molecule has 0 radical (unpaired) electrons. The predicted molar refractivity (Wildman–Crippen MR) is 97.1 cm³/mol. The number of hydrogen-bond acceptors (Lipinski definition) is 3. The van der Waals surface area contributed by atoms with Gasteiger partial charge in [0.15, 0.2) is 0 Å². The Balaban J connectivity index is 2.06. The molecule has 0 spiro atoms. The lowest BCUT2D eigenvalue weighted by Gasteiger charge is -2.26. The molecule has 1 atom stereocenters. The minimum absolute atomic E-state index is 0.158. The lowest BCUT2D eigenvalue weighted by atomic mass is 9.90. The maximum atomic E-state index is 11.9. The summed E-state index contributed by atoms with van der Waals surface area (Å²) in [4.78, 5) is 11.9. The van der Waals surface area contributed by atoms with Crippen LogP contribution in [-0.4, -0.2) is 11.6 Å². The fourth-order valence-electron chi connectivity index (χ4n) is 3.03. The van der Waals surface area contributed by atoms with E-state index in [1.807, 2.05) is 58.0 Å². The third-order valence-electron chi connectivity index (χ3n) is 3.95. The first-order valence-electron chi connectivity index (χ1n) is 8.51. The van der Waals surface area contributed by atoms with Crippen molar-refractivity contribution in [1.29, 1.82) is 0 Å². The first-order chi connectivity index (χ1) is 11.4. The zero-order chi connectivity index (χ0) is 17.3. The van der Waals surface area contributed by atoms with Crippen molar-refractivity contribution in [2.24, 2.45) is 0 Å². The van der Waals surface area contributed by atoms with Gasteiger partial charge in [0.1, 0.15) is 17.5 Å². The van der Waals surface area contributed by atoms with Crippen LogP contribution in [-0.2, 0) is 9.53 Å². The number of hydrogen-bond donors (Lipinski definition) is 0. The van der Waals surface area contributed by atoms with Gasteiger partial charge >= 0.3 is 5.97 Å². The standard InChI is InChI=1S/C21H24O3/c1-5-7-19(22)23-17-13-11-16-18(24-21(2,3)4)12-10-14-8-6-9-15(17)20(14)16/h6,8-13,17H,5,7H2,1-4H3. The summed E-state index contributed by atoms with van der Waals surface area (Å²) >= 11 is 0. The van der Waals surface area contributed by atoms with Crippen LogP contribution in [0.2, 0.25) is 0 Å². The molecule has 0 saturated carbocycles. The second kappa shape index (κ2) is 6.31. The number of carbonyl (C=O) groups is 1. The van der Waals surface area contributed by atoms with Crippen molar-refractivity contribution in [1.82, 2.24) is 0 Å². The molecule has 0 fully saturated rings. The Hall–Kier alpha value is -2.29. The Bertz CT molecular complexity index is 797. The molecule has 0 amide bonds. The molecule has 1 unspecified atom stereocenters. The van der Waals surface area contributed by atoms with E-state index >= 15 is 0 Å². The van der Waals surface area contributed by atoms with Crippen molar-refractivity contribution < 1.29 is 14.3 Å².